The maximum absolute atomic E-state index is 11.5. The Labute approximate surface area is 105 Å². The smallest absolute Gasteiger partial charge is 0.250 e. The van der Waals surface area contributed by atoms with Crippen molar-refractivity contribution in [2.45, 2.75) is 6.10 Å². The number of nitrogens with zero attached hydrogens (tertiary/aromatic N) is 3. The molecular weight excluding hydrogens is 232 g/mol. The lowest BCUT2D eigenvalue weighted by atomic mass is 10.2. The van der Waals surface area contributed by atoms with Crippen LogP contribution in [0.2, 0.25) is 0 Å². The largest absolute Gasteiger partial charge is 0.365 e. The molecule has 1 aromatic heterocycles. The van der Waals surface area contributed by atoms with E-state index in [0.717, 1.165) is 5.82 Å². The van der Waals surface area contributed by atoms with E-state index in [1.165, 1.54) is 6.20 Å². The van der Waals surface area contributed by atoms with Gasteiger partial charge in [-0.3, -0.25) is 4.79 Å². The van der Waals surface area contributed by atoms with Gasteiger partial charge in [0.05, 0.1) is 18.7 Å². The first-order valence-corrected chi connectivity index (χ1v) is 5.69. The van der Waals surface area contributed by atoms with Crippen molar-refractivity contribution in [2.75, 3.05) is 31.6 Å². The number of likely N-dealkylation sites (N-methyl/N-ethyl adjacent to an activating group) is 1. The summed E-state index contributed by atoms with van der Waals surface area (Å²) in [7, 11) is 1.59. The zero-order valence-corrected chi connectivity index (χ0v) is 10.1. The van der Waals surface area contributed by atoms with Crippen LogP contribution in [0.25, 0.3) is 0 Å². The number of pyridine rings is 1. The van der Waals surface area contributed by atoms with Crippen LogP contribution >= 0.6 is 0 Å². The van der Waals surface area contributed by atoms with Crippen molar-refractivity contribution in [2.24, 2.45) is 0 Å². The van der Waals surface area contributed by atoms with E-state index >= 15 is 0 Å². The Bertz CT molecular complexity index is 466. The molecule has 0 spiro atoms. The van der Waals surface area contributed by atoms with Crippen molar-refractivity contribution in [1.82, 2.24) is 10.3 Å². The Morgan fingerprint density at radius 2 is 2.50 bits per heavy atom. The summed E-state index contributed by atoms with van der Waals surface area (Å²) in [6.07, 6.45) is 1.06. The van der Waals surface area contributed by atoms with Gasteiger partial charge < -0.3 is 15.0 Å². The minimum atomic E-state index is -0.471. The van der Waals surface area contributed by atoms with Crippen molar-refractivity contribution < 1.29 is 9.53 Å². The molecule has 2 heterocycles. The minimum Gasteiger partial charge on any atom is -0.365 e. The van der Waals surface area contributed by atoms with Gasteiger partial charge in [-0.15, -0.1) is 0 Å². The predicted octanol–water partition coefficient (Wildman–Crippen LogP) is -0.0955. The zero-order chi connectivity index (χ0) is 13.0. The molecular formula is C12H14N4O2. The number of aromatic nitrogens is 1. The summed E-state index contributed by atoms with van der Waals surface area (Å²) in [6, 6.07) is 5.52. The third kappa shape index (κ3) is 2.57. The molecule has 0 aromatic carbocycles. The van der Waals surface area contributed by atoms with E-state index in [0.29, 0.717) is 25.3 Å². The second-order valence-corrected chi connectivity index (χ2v) is 3.94. The highest BCUT2D eigenvalue weighted by molar-refractivity contribution is 5.81. The van der Waals surface area contributed by atoms with Crippen LogP contribution in [0.3, 0.4) is 0 Å². The van der Waals surface area contributed by atoms with Gasteiger partial charge in [-0.1, -0.05) is 0 Å². The number of hydrogen-bond acceptors (Lipinski definition) is 5. The highest BCUT2D eigenvalue weighted by Crippen LogP contribution is 2.15. The van der Waals surface area contributed by atoms with E-state index in [2.05, 4.69) is 10.3 Å². The second-order valence-electron chi connectivity index (χ2n) is 3.94. The van der Waals surface area contributed by atoms with Crippen molar-refractivity contribution in [1.29, 1.82) is 5.26 Å². The van der Waals surface area contributed by atoms with Gasteiger partial charge in [-0.05, 0) is 12.1 Å². The van der Waals surface area contributed by atoms with Crippen molar-refractivity contribution in [3.63, 3.8) is 0 Å². The Balaban J connectivity index is 2.08. The molecule has 1 aromatic rings. The summed E-state index contributed by atoms with van der Waals surface area (Å²) in [5.74, 6) is 0.625. The van der Waals surface area contributed by atoms with Gasteiger partial charge in [-0.25, -0.2) is 4.98 Å². The SMILES string of the molecule is CNC(=O)C1CN(c2ccc(C#N)cn2)CCO1. The number of hydrogen-bond donors (Lipinski definition) is 1. The van der Waals surface area contributed by atoms with Gasteiger partial charge in [0.15, 0.2) is 6.10 Å². The number of amides is 1. The second kappa shape index (κ2) is 5.47. The monoisotopic (exact) mass is 246 g/mol. The van der Waals surface area contributed by atoms with E-state index in [-0.39, 0.29) is 5.91 Å². The molecule has 1 aliphatic rings. The van der Waals surface area contributed by atoms with Crippen LogP contribution in [0.15, 0.2) is 18.3 Å². The number of anilines is 1. The maximum Gasteiger partial charge on any atom is 0.250 e. The van der Waals surface area contributed by atoms with E-state index < -0.39 is 6.10 Å². The molecule has 6 nitrogen and oxygen atoms in total. The predicted molar refractivity (Wildman–Crippen MR) is 65.0 cm³/mol. The maximum atomic E-state index is 11.5. The fourth-order valence-electron chi connectivity index (χ4n) is 1.82. The number of nitriles is 1. The normalized spacial score (nSPS) is 19.1. The van der Waals surface area contributed by atoms with Crippen LogP contribution in [0.5, 0.6) is 0 Å². The van der Waals surface area contributed by atoms with Crippen LogP contribution in [-0.2, 0) is 9.53 Å². The fourth-order valence-corrected chi connectivity index (χ4v) is 1.82. The van der Waals surface area contributed by atoms with Crippen LogP contribution in [0.4, 0.5) is 5.82 Å². The number of ether oxygens (including phenoxy) is 1. The number of nitrogens with one attached hydrogen (secondary N) is 1. The van der Waals surface area contributed by atoms with E-state index in [1.807, 2.05) is 11.0 Å². The summed E-state index contributed by atoms with van der Waals surface area (Å²) >= 11 is 0. The molecule has 94 valence electrons. The number of morpholine rings is 1. The van der Waals surface area contributed by atoms with Crippen molar-refractivity contribution >= 4 is 11.7 Å². The van der Waals surface area contributed by atoms with Crippen molar-refractivity contribution in [3.05, 3.63) is 23.9 Å². The lowest BCUT2D eigenvalue weighted by molar-refractivity contribution is -0.132. The molecule has 0 bridgehead atoms. The third-order valence-corrected chi connectivity index (χ3v) is 2.81. The molecule has 1 saturated heterocycles. The molecule has 1 unspecified atom stereocenters. The molecule has 1 amide bonds. The van der Waals surface area contributed by atoms with Gasteiger partial charge in [0.1, 0.15) is 11.9 Å². The molecule has 1 aliphatic heterocycles. The standard InChI is InChI=1S/C12H14N4O2/c1-14-12(17)10-8-16(4-5-18-10)11-3-2-9(6-13)7-15-11/h2-3,7,10H,4-5,8H2,1H3,(H,14,17). The molecule has 1 N–H and O–H groups in total. The summed E-state index contributed by atoms with van der Waals surface area (Å²) in [5, 5.41) is 11.3. The molecule has 2 rings (SSSR count). The quantitative estimate of drug-likeness (QED) is 0.788. The van der Waals surface area contributed by atoms with Gasteiger partial charge in [0.25, 0.3) is 5.91 Å². The van der Waals surface area contributed by atoms with E-state index in [1.54, 1.807) is 19.2 Å². The molecule has 18 heavy (non-hydrogen) atoms. The molecule has 1 fully saturated rings. The number of carbonyl (C=O) groups excluding carboxylic acids is 1. The van der Waals surface area contributed by atoms with Crippen LogP contribution in [0, 0.1) is 11.3 Å². The van der Waals surface area contributed by atoms with Gasteiger partial charge in [-0.2, -0.15) is 5.26 Å². The average molecular weight is 246 g/mol. The molecule has 0 radical (unpaired) electrons. The van der Waals surface area contributed by atoms with E-state index in [9.17, 15) is 4.79 Å². The lowest BCUT2D eigenvalue weighted by Gasteiger charge is -2.32. The first-order valence-electron chi connectivity index (χ1n) is 5.69. The highest BCUT2D eigenvalue weighted by Gasteiger charge is 2.26. The topological polar surface area (TPSA) is 78.3 Å². The van der Waals surface area contributed by atoms with E-state index in [4.69, 9.17) is 10.00 Å². The average Bonchev–Trinajstić information content (AvgIpc) is 2.46. The Morgan fingerprint density at radius 3 is 3.11 bits per heavy atom. The van der Waals surface area contributed by atoms with Gasteiger partial charge in [0, 0.05) is 19.8 Å². The summed E-state index contributed by atoms with van der Waals surface area (Å²) in [5.41, 5.74) is 0.523. The Morgan fingerprint density at radius 1 is 1.67 bits per heavy atom. The minimum absolute atomic E-state index is 0.131. The lowest BCUT2D eigenvalue weighted by Crippen LogP contribution is -2.49. The van der Waals surface area contributed by atoms with Crippen LogP contribution in [0.1, 0.15) is 5.56 Å². The first-order chi connectivity index (χ1) is 8.74. The van der Waals surface area contributed by atoms with Gasteiger partial charge in [0.2, 0.25) is 0 Å². The van der Waals surface area contributed by atoms with Gasteiger partial charge >= 0.3 is 0 Å². The highest BCUT2D eigenvalue weighted by atomic mass is 16.5. The first kappa shape index (κ1) is 12.3. The third-order valence-electron chi connectivity index (χ3n) is 2.81. The Kier molecular flexibility index (Phi) is 3.75. The van der Waals surface area contributed by atoms with Crippen LogP contribution < -0.4 is 10.2 Å². The fraction of sp³-hybridized carbons (Fsp3) is 0.417. The molecule has 1 atom stereocenters. The number of rotatable bonds is 2. The summed E-state index contributed by atoms with van der Waals surface area (Å²) in [6.45, 7) is 1.64. The molecule has 0 aliphatic carbocycles. The van der Waals surface area contributed by atoms with Crippen molar-refractivity contribution in [3.8, 4) is 6.07 Å². The Hall–Kier alpha value is -2.13. The zero-order valence-electron chi connectivity index (χ0n) is 10.1. The number of carbonyl (C=O) groups is 1. The van der Waals surface area contributed by atoms with Crippen LogP contribution in [-0.4, -0.2) is 43.7 Å². The molecule has 0 saturated carbocycles. The molecule has 6 heteroatoms. The summed E-state index contributed by atoms with van der Waals surface area (Å²) < 4.78 is 5.39. The summed E-state index contributed by atoms with van der Waals surface area (Å²) in [4.78, 5) is 17.7.